The predicted molar refractivity (Wildman–Crippen MR) is 97.9 cm³/mol. The average Bonchev–Trinajstić information content (AvgIpc) is 3.18. The topological polar surface area (TPSA) is 126 Å². The van der Waals surface area contributed by atoms with Crippen LogP contribution < -0.4 is 15.5 Å². The molecule has 4 N–H and O–H groups in total. The lowest BCUT2D eigenvalue weighted by Crippen LogP contribution is -2.52. The summed E-state index contributed by atoms with van der Waals surface area (Å²) in [6, 6.07) is 1.42. The number of anilines is 1. The molecule has 0 saturated carbocycles. The summed E-state index contributed by atoms with van der Waals surface area (Å²) in [6.07, 6.45) is 4.41. The first-order valence-electron chi connectivity index (χ1n) is 9.56. The molecular formula is C18H27FN5O5+. The SMILES string of the molecule is CCCCC[C@H](CN(O)C=O)C(=O)N1NCC[C@H]1C(=O)Nc1ccc(F)c[n+]1O. The summed E-state index contributed by atoms with van der Waals surface area (Å²) in [7, 11) is 0. The number of amides is 3. The summed E-state index contributed by atoms with van der Waals surface area (Å²) >= 11 is 0. The van der Waals surface area contributed by atoms with Crippen molar-refractivity contribution in [1.82, 2.24) is 15.5 Å². The van der Waals surface area contributed by atoms with Gasteiger partial charge in [0, 0.05) is 12.6 Å². The van der Waals surface area contributed by atoms with E-state index in [1.54, 1.807) is 0 Å². The number of aromatic nitrogens is 1. The van der Waals surface area contributed by atoms with Crippen molar-refractivity contribution in [1.29, 1.82) is 0 Å². The van der Waals surface area contributed by atoms with Gasteiger partial charge in [-0.05, 0) is 23.6 Å². The first-order valence-corrected chi connectivity index (χ1v) is 9.56. The lowest BCUT2D eigenvalue weighted by Gasteiger charge is -2.27. The normalized spacial score (nSPS) is 17.1. The van der Waals surface area contributed by atoms with E-state index in [-0.39, 0.29) is 18.8 Å². The first kappa shape index (κ1) is 22.5. The van der Waals surface area contributed by atoms with Gasteiger partial charge in [-0.15, -0.1) is 0 Å². The van der Waals surface area contributed by atoms with Crippen LogP contribution >= 0.6 is 0 Å². The number of hydroxylamine groups is 2. The first-order chi connectivity index (χ1) is 13.9. The number of hydrazine groups is 1. The smallest absolute Gasteiger partial charge is 0.331 e. The summed E-state index contributed by atoms with van der Waals surface area (Å²) in [4.78, 5) is 36.4. The van der Waals surface area contributed by atoms with Gasteiger partial charge in [-0.25, -0.2) is 25.0 Å². The minimum absolute atomic E-state index is 0.0438. The summed E-state index contributed by atoms with van der Waals surface area (Å²) in [5.74, 6) is -2.36. The standard InChI is InChI=1S/C18H26FN5O5/c1-2-3-4-5-13(10-22(28)12-25)18(27)24-15(8-9-20-24)17(26)21-16-7-6-14(19)11-23(16)29/h6-7,11-13,15,20,28-29H,2-5,8-10H2,1H3/p+1/t13-,15+/m1/s1. The Kier molecular flexibility index (Phi) is 8.28. The third-order valence-electron chi connectivity index (χ3n) is 4.73. The highest BCUT2D eigenvalue weighted by molar-refractivity contribution is 5.96. The number of halogens is 1. The van der Waals surface area contributed by atoms with Crippen LogP contribution in [0, 0.1) is 11.7 Å². The Balaban J connectivity index is 2.09. The number of unbranched alkanes of at least 4 members (excludes halogenated alkanes) is 2. The van der Waals surface area contributed by atoms with Crippen LogP contribution in [0.25, 0.3) is 0 Å². The van der Waals surface area contributed by atoms with E-state index in [4.69, 9.17) is 0 Å². The van der Waals surface area contributed by atoms with Crippen molar-refractivity contribution in [3.05, 3.63) is 24.1 Å². The predicted octanol–water partition coefficient (Wildman–Crippen LogP) is 0.439. The molecule has 1 aromatic rings. The molecule has 2 atom stereocenters. The van der Waals surface area contributed by atoms with Crippen molar-refractivity contribution < 1.29 is 33.9 Å². The van der Waals surface area contributed by atoms with Crippen LogP contribution in [-0.4, -0.2) is 57.8 Å². The zero-order valence-corrected chi connectivity index (χ0v) is 16.3. The molecule has 10 nitrogen and oxygen atoms in total. The van der Waals surface area contributed by atoms with Crippen molar-refractivity contribution in [3.8, 4) is 0 Å². The summed E-state index contributed by atoms with van der Waals surface area (Å²) in [5, 5.41) is 23.3. The molecule has 0 unspecified atom stereocenters. The second kappa shape index (κ2) is 10.7. The Morgan fingerprint density at radius 2 is 2.24 bits per heavy atom. The molecule has 160 valence electrons. The van der Waals surface area contributed by atoms with E-state index >= 15 is 0 Å². The third kappa shape index (κ3) is 6.09. The van der Waals surface area contributed by atoms with E-state index in [0.717, 1.165) is 31.5 Å². The van der Waals surface area contributed by atoms with Crippen molar-refractivity contribution >= 4 is 24.0 Å². The fraction of sp³-hybridized carbons (Fsp3) is 0.556. The molecule has 0 aliphatic carbocycles. The molecule has 0 radical (unpaired) electrons. The van der Waals surface area contributed by atoms with Crippen molar-refractivity contribution in [3.63, 3.8) is 0 Å². The van der Waals surface area contributed by atoms with Crippen LogP contribution in [0.5, 0.6) is 0 Å². The van der Waals surface area contributed by atoms with Gasteiger partial charge in [0.05, 0.1) is 12.5 Å². The molecule has 1 aromatic heterocycles. The number of hydrogen-bond donors (Lipinski definition) is 4. The highest BCUT2D eigenvalue weighted by atomic mass is 19.1. The maximum atomic E-state index is 13.1. The van der Waals surface area contributed by atoms with Crippen LogP contribution in [0.4, 0.5) is 10.2 Å². The molecule has 0 bridgehead atoms. The highest BCUT2D eigenvalue weighted by Gasteiger charge is 2.40. The average molecular weight is 412 g/mol. The van der Waals surface area contributed by atoms with E-state index in [2.05, 4.69) is 10.7 Å². The monoisotopic (exact) mass is 412 g/mol. The molecule has 2 heterocycles. The zero-order valence-electron chi connectivity index (χ0n) is 16.3. The van der Waals surface area contributed by atoms with Crippen LogP contribution in [0.3, 0.4) is 0 Å². The molecule has 0 aromatic carbocycles. The van der Waals surface area contributed by atoms with E-state index in [9.17, 15) is 29.2 Å². The molecule has 2 rings (SSSR count). The van der Waals surface area contributed by atoms with E-state index < -0.39 is 29.6 Å². The van der Waals surface area contributed by atoms with E-state index in [1.165, 1.54) is 11.1 Å². The molecule has 3 amide bonds. The molecule has 0 spiro atoms. The van der Waals surface area contributed by atoms with Gasteiger partial charge >= 0.3 is 11.7 Å². The number of nitrogens with one attached hydrogen (secondary N) is 2. The molecular weight excluding hydrogens is 385 g/mol. The lowest BCUT2D eigenvalue weighted by atomic mass is 9.99. The van der Waals surface area contributed by atoms with E-state index in [0.29, 0.717) is 29.2 Å². The summed E-state index contributed by atoms with van der Waals surface area (Å²) in [5.41, 5.74) is 2.86. The molecule has 11 heteroatoms. The Hall–Kier alpha value is -2.79. The van der Waals surface area contributed by atoms with Crippen molar-refractivity contribution in [2.75, 3.05) is 18.4 Å². The maximum Gasteiger partial charge on any atom is 0.331 e. The number of rotatable bonds is 10. The minimum Gasteiger partial charge on any atom is -0.350 e. The number of carbonyl (C=O) groups is 3. The molecule has 1 saturated heterocycles. The molecule has 1 aliphatic rings. The highest BCUT2D eigenvalue weighted by Crippen LogP contribution is 2.19. The van der Waals surface area contributed by atoms with Gasteiger partial charge in [0.25, 0.3) is 0 Å². The third-order valence-corrected chi connectivity index (χ3v) is 4.73. The van der Waals surface area contributed by atoms with Crippen LogP contribution in [0.15, 0.2) is 18.3 Å². The maximum absolute atomic E-state index is 13.1. The van der Waals surface area contributed by atoms with Gasteiger partial charge in [-0.2, -0.15) is 0 Å². The van der Waals surface area contributed by atoms with Crippen molar-refractivity contribution in [2.24, 2.45) is 5.92 Å². The van der Waals surface area contributed by atoms with Gasteiger partial charge in [-0.1, -0.05) is 26.2 Å². The Labute approximate surface area is 167 Å². The summed E-state index contributed by atoms with van der Waals surface area (Å²) < 4.78 is 13.5. The largest absolute Gasteiger partial charge is 0.350 e. The fourth-order valence-corrected chi connectivity index (χ4v) is 3.21. The van der Waals surface area contributed by atoms with Crippen LogP contribution in [0.2, 0.25) is 0 Å². The quantitative estimate of drug-likeness (QED) is 0.110. The van der Waals surface area contributed by atoms with Gasteiger partial charge in [0.15, 0.2) is 18.1 Å². The Morgan fingerprint density at radius 1 is 1.48 bits per heavy atom. The van der Waals surface area contributed by atoms with Crippen LogP contribution in [0.1, 0.15) is 39.0 Å². The number of pyridine rings is 1. The summed E-state index contributed by atoms with van der Waals surface area (Å²) in [6.45, 7) is 2.23. The zero-order chi connectivity index (χ0) is 21.4. The number of carbonyl (C=O) groups excluding carboxylic acids is 3. The number of hydrogen-bond acceptors (Lipinski definition) is 6. The van der Waals surface area contributed by atoms with Gasteiger partial charge in [-0.3, -0.25) is 19.8 Å². The van der Waals surface area contributed by atoms with Gasteiger partial charge in [0.2, 0.25) is 12.3 Å². The Morgan fingerprint density at radius 3 is 2.90 bits per heavy atom. The molecule has 29 heavy (non-hydrogen) atoms. The fourth-order valence-electron chi connectivity index (χ4n) is 3.21. The number of nitrogens with zero attached hydrogens (tertiary/aromatic N) is 3. The van der Waals surface area contributed by atoms with E-state index in [1.807, 2.05) is 6.92 Å². The second-order valence-corrected chi connectivity index (χ2v) is 6.91. The van der Waals surface area contributed by atoms with Crippen molar-refractivity contribution in [2.45, 2.75) is 45.1 Å². The van der Waals surface area contributed by atoms with Crippen LogP contribution in [-0.2, 0) is 14.4 Å². The Bertz CT molecular complexity index is 735. The van der Waals surface area contributed by atoms with Gasteiger partial charge < -0.3 is 5.21 Å². The second-order valence-electron chi connectivity index (χ2n) is 6.91. The van der Waals surface area contributed by atoms with Gasteiger partial charge in [0.1, 0.15) is 0 Å². The molecule has 1 aliphatic heterocycles. The molecule has 1 fully saturated rings. The lowest BCUT2D eigenvalue weighted by molar-refractivity contribution is -0.894. The minimum atomic E-state index is -0.857.